The monoisotopic (exact) mass is 282 g/mol. The van der Waals surface area contributed by atoms with E-state index >= 15 is 0 Å². The number of carbonyl (C=O) groups excluding carboxylic acids is 1. The summed E-state index contributed by atoms with van der Waals surface area (Å²) < 4.78 is 5.85. The zero-order valence-corrected chi connectivity index (χ0v) is 11.9. The molecule has 1 aliphatic rings. The fourth-order valence-corrected chi connectivity index (χ4v) is 2.51. The lowest BCUT2D eigenvalue weighted by Crippen LogP contribution is -2.32. The minimum atomic E-state index is -0.526. The van der Waals surface area contributed by atoms with E-state index in [0.29, 0.717) is 17.9 Å². The van der Waals surface area contributed by atoms with E-state index in [1.54, 1.807) is 6.07 Å². The Bertz CT molecular complexity index is 682. The first-order valence-electron chi connectivity index (χ1n) is 7.05. The number of rotatable bonds is 2. The highest BCUT2D eigenvalue weighted by Gasteiger charge is 2.25. The van der Waals surface area contributed by atoms with Crippen molar-refractivity contribution in [2.24, 2.45) is 0 Å². The minimum Gasteiger partial charge on any atom is -0.478 e. The molecule has 0 aliphatic carbocycles. The molecule has 0 saturated heterocycles. The van der Waals surface area contributed by atoms with Crippen LogP contribution in [0.3, 0.4) is 0 Å². The molecule has 21 heavy (non-hydrogen) atoms. The number of aryl methyl sites for hydroxylation is 2. The van der Waals surface area contributed by atoms with Gasteiger partial charge < -0.3 is 15.8 Å². The normalized spacial score (nSPS) is 17.6. The molecule has 4 nitrogen and oxygen atoms in total. The van der Waals surface area contributed by atoms with Gasteiger partial charge in [-0.2, -0.15) is 0 Å². The molecule has 3 N–H and O–H groups in total. The molecule has 1 amide bonds. The van der Waals surface area contributed by atoms with Crippen LogP contribution in [0.15, 0.2) is 42.5 Å². The standard InChI is InChI=1S/C17H18N2O2/c1-11-5-4-8-14(16(11)18)21-15-10-9-12-6-2-3-7-13(12)19-17(15)20/h2-8,15H,9-10,18H2,1H3,(H,19,20). The average molecular weight is 282 g/mol. The van der Waals surface area contributed by atoms with Gasteiger partial charge in [0.15, 0.2) is 6.10 Å². The summed E-state index contributed by atoms with van der Waals surface area (Å²) in [7, 11) is 0. The third-order valence-electron chi connectivity index (χ3n) is 3.80. The number of para-hydroxylation sites is 2. The van der Waals surface area contributed by atoms with Crippen molar-refractivity contribution in [3.63, 3.8) is 0 Å². The van der Waals surface area contributed by atoms with Gasteiger partial charge in [-0.05, 0) is 43.0 Å². The molecule has 1 aliphatic heterocycles. The predicted molar refractivity (Wildman–Crippen MR) is 83.4 cm³/mol. The summed E-state index contributed by atoms with van der Waals surface area (Å²) >= 11 is 0. The summed E-state index contributed by atoms with van der Waals surface area (Å²) in [6.07, 6.45) is 0.906. The highest BCUT2D eigenvalue weighted by molar-refractivity contribution is 5.95. The Labute approximate surface area is 123 Å². The Kier molecular flexibility index (Phi) is 3.52. The summed E-state index contributed by atoms with van der Waals surface area (Å²) in [5, 5.41) is 2.92. The van der Waals surface area contributed by atoms with Crippen molar-refractivity contribution in [3.05, 3.63) is 53.6 Å². The second-order valence-electron chi connectivity index (χ2n) is 5.28. The fraction of sp³-hybridized carbons (Fsp3) is 0.235. The molecule has 0 radical (unpaired) electrons. The summed E-state index contributed by atoms with van der Waals surface area (Å²) in [5.74, 6) is 0.446. The van der Waals surface area contributed by atoms with Crippen LogP contribution >= 0.6 is 0 Å². The lowest BCUT2D eigenvalue weighted by atomic mass is 10.1. The quantitative estimate of drug-likeness (QED) is 0.832. The van der Waals surface area contributed by atoms with Crippen LogP contribution in [-0.2, 0) is 11.2 Å². The number of benzene rings is 2. The number of fused-ring (bicyclic) bond motifs is 1. The molecule has 0 aromatic heterocycles. The molecule has 4 heteroatoms. The Morgan fingerprint density at radius 1 is 1.19 bits per heavy atom. The van der Waals surface area contributed by atoms with Crippen LogP contribution in [-0.4, -0.2) is 12.0 Å². The van der Waals surface area contributed by atoms with Crippen LogP contribution in [0, 0.1) is 6.92 Å². The molecule has 0 saturated carbocycles. The van der Waals surface area contributed by atoms with Crippen LogP contribution in [0.1, 0.15) is 17.5 Å². The highest BCUT2D eigenvalue weighted by atomic mass is 16.5. The number of anilines is 2. The third-order valence-corrected chi connectivity index (χ3v) is 3.80. The third kappa shape index (κ3) is 2.70. The number of nitrogens with one attached hydrogen (secondary N) is 1. The first kappa shape index (κ1) is 13.5. The van der Waals surface area contributed by atoms with E-state index < -0.39 is 6.10 Å². The molecule has 0 fully saturated rings. The van der Waals surface area contributed by atoms with Crippen LogP contribution in [0.5, 0.6) is 5.75 Å². The van der Waals surface area contributed by atoms with Crippen molar-refractivity contribution in [1.29, 1.82) is 0 Å². The summed E-state index contributed by atoms with van der Waals surface area (Å²) in [6, 6.07) is 13.4. The van der Waals surface area contributed by atoms with Crippen LogP contribution in [0.25, 0.3) is 0 Å². The molecule has 0 bridgehead atoms. The van der Waals surface area contributed by atoms with Gasteiger partial charge in [0, 0.05) is 5.69 Å². The van der Waals surface area contributed by atoms with E-state index in [0.717, 1.165) is 23.2 Å². The predicted octanol–water partition coefficient (Wildman–Crippen LogP) is 2.91. The fourth-order valence-electron chi connectivity index (χ4n) is 2.51. The molecule has 0 spiro atoms. The van der Waals surface area contributed by atoms with Crippen LogP contribution in [0.2, 0.25) is 0 Å². The summed E-state index contributed by atoms with van der Waals surface area (Å²) in [6.45, 7) is 1.92. The second kappa shape index (κ2) is 5.48. The number of hydrogen-bond acceptors (Lipinski definition) is 3. The van der Waals surface area contributed by atoms with Gasteiger partial charge in [-0.3, -0.25) is 4.79 Å². The van der Waals surface area contributed by atoms with Gasteiger partial charge in [-0.1, -0.05) is 30.3 Å². The summed E-state index contributed by atoms with van der Waals surface area (Å²) in [5.41, 5.74) is 9.55. The molecule has 2 aromatic carbocycles. The second-order valence-corrected chi connectivity index (χ2v) is 5.28. The van der Waals surface area contributed by atoms with E-state index in [-0.39, 0.29) is 5.91 Å². The van der Waals surface area contributed by atoms with Gasteiger partial charge >= 0.3 is 0 Å². The zero-order valence-electron chi connectivity index (χ0n) is 11.9. The lowest BCUT2D eigenvalue weighted by molar-refractivity contribution is -0.122. The molecular weight excluding hydrogens is 264 g/mol. The van der Waals surface area contributed by atoms with E-state index in [4.69, 9.17) is 10.5 Å². The van der Waals surface area contributed by atoms with Gasteiger partial charge in [-0.25, -0.2) is 0 Å². The smallest absolute Gasteiger partial charge is 0.265 e. The Hall–Kier alpha value is -2.49. The minimum absolute atomic E-state index is 0.124. The molecule has 1 heterocycles. The first-order valence-corrected chi connectivity index (χ1v) is 7.05. The Morgan fingerprint density at radius 3 is 2.86 bits per heavy atom. The number of nitrogen functional groups attached to an aromatic ring is 1. The number of ether oxygens (including phenoxy) is 1. The van der Waals surface area contributed by atoms with Crippen molar-refractivity contribution in [2.45, 2.75) is 25.9 Å². The van der Waals surface area contributed by atoms with Gasteiger partial charge in [0.2, 0.25) is 0 Å². The maximum atomic E-state index is 12.3. The highest BCUT2D eigenvalue weighted by Crippen LogP contribution is 2.28. The van der Waals surface area contributed by atoms with Gasteiger partial charge in [0.1, 0.15) is 5.75 Å². The average Bonchev–Trinajstić information content (AvgIpc) is 2.63. The van der Waals surface area contributed by atoms with E-state index in [9.17, 15) is 4.79 Å². The SMILES string of the molecule is Cc1cccc(OC2CCc3ccccc3NC2=O)c1N. The van der Waals surface area contributed by atoms with Crippen molar-refractivity contribution in [1.82, 2.24) is 0 Å². The number of hydrogen-bond donors (Lipinski definition) is 2. The Balaban J connectivity index is 1.82. The molecular formula is C17H18N2O2. The van der Waals surface area contributed by atoms with E-state index in [2.05, 4.69) is 5.32 Å². The zero-order chi connectivity index (χ0) is 14.8. The van der Waals surface area contributed by atoms with Crippen molar-refractivity contribution < 1.29 is 9.53 Å². The lowest BCUT2D eigenvalue weighted by Gasteiger charge is -2.18. The number of carbonyl (C=O) groups is 1. The van der Waals surface area contributed by atoms with Crippen molar-refractivity contribution >= 4 is 17.3 Å². The molecule has 1 atom stereocenters. The van der Waals surface area contributed by atoms with Gasteiger partial charge in [0.25, 0.3) is 5.91 Å². The van der Waals surface area contributed by atoms with E-state index in [1.165, 1.54) is 0 Å². The van der Waals surface area contributed by atoms with Crippen LogP contribution < -0.4 is 15.8 Å². The van der Waals surface area contributed by atoms with Crippen LogP contribution in [0.4, 0.5) is 11.4 Å². The van der Waals surface area contributed by atoms with Crippen molar-refractivity contribution in [2.75, 3.05) is 11.1 Å². The maximum Gasteiger partial charge on any atom is 0.265 e. The summed E-state index contributed by atoms with van der Waals surface area (Å²) in [4.78, 5) is 12.3. The molecule has 1 unspecified atom stereocenters. The number of nitrogens with two attached hydrogens (primary N) is 1. The topological polar surface area (TPSA) is 64.3 Å². The van der Waals surface area contributed by atoms with E-state index in [1.807, 2.05) is 43.3 Å². The number of amides is 1. The molecule has 2 aromatic rings. The van der Waals surface area contributed by atoms with Gasteiger partial charge in [0.05, 0.1) is 5.69 Å². The van der Waals surface area contributed by atoms with Gasteiger partial charge in [-0.15, -0.1) is 0 Å². The molecule has 108 valence electrons. The largest absolute Gasteiger partial charge is 0.478 e. The maximum absolute atomic E-state index is 12.3. The van der Waals surface area contributed by atoms with Crippen molar-refractivity contribution in [3.8, 4) is 5.75 Å². The first-order chi connectivity index (χ1) is 10.1. The molecule has 3 rings (SSSR count). The Morgan fingerprint density at radius 2 is 2.00 bits per heavy atom.